The minimum atomic E-state index is -0.618. The van der Waals surface area contributed by atoms with Crippen molar-refractivity contribution < 1.29 is 14.3 Å². The monoisotopic (exact) mass is 329 g/mol. The predicted molar refractivity (Wildman–Crippen MR) is 92.9 cm³/mol. The first-order valence-electron chi connectivity index (χ1n) is 8.19. The summed E-state index contributed by atoms with van der Waals surface area (Å²) in [5.41, 5.74) is 0.527. The number of hydrogen-bond acceptors (Lipinski definition) is 4. The topological polar surface area (TPSA) is 57.5 Å². The summed E-state index contributed by atoms with van der Waals surface area (Å²) in [5, 5.41) is 0. The Hall–Kier alpha value is -2.56. The highest BCUT2D eigenvalue weighted by atomic mass is 16.5. The van der Waals surface area contributed by atoms with Crippen LogP contribution in [0.4, 0.5) is 0 Å². The molecule has 0 aliphatic rings. The molecule has 0 aliphatic heterocycles. The molecule has 0 spiro atoms. The number of benzene rings is 1. The lowest BCUT2D eigenvalue weighted by Crippen LogP contribution is -2.30. The molecule has 1 heterocycles. The van der Waals surface area contributed by atoms with Gasteiger partial charge in [0.05, 0.1) is 7.11 Å². The normalized spacial score (nSPS) is 10.5. The standard InChI is InChI=1S/C19H23NO4/c1-4-6-12-20-13-11-14(5-2)17(18(20)21)19(22)24-16-9-7-15(23-3)8-10-16/h7-11,13H,4-6,12H2,1-3H3. The maximum atomic E-state index is 12.6. The van der Waals surface area contributed by atoms with Crippen molar-refractivity contribution in [1.82, 2.24) is 4.57 Å². The molecule has 0 saturated carbocycles. The van der Waals surface area contributed by atoms with E-state index in [2.05, 4.69) is 6.92 Å². The number of carbonyl (C=O) groups is 1. The lowest BCUT2D eigenvalue weighted by atomic mass is 10.1. The molecule has 0 atom stereocenters. The quantitative estimate of drug-likeness (QED) is 0.577. The SMILES string of the molecule is CCCCn1ccc(CC)c(C(=O)Oc2ccc(OC)cc2)c1=O. The van der Waals surface area contributed by atoms with Crippen molar-refractivity contribution in [3.8, 4) is 11.5 Å². The van der Waals surface area contributed by atoms with Gasteiger partial charge in [-0.1, -0.05) is 20.3 Å². The zero-order valence-electron chi connectivity index (χ0n) is 14.4. The maximum Gasteiger partial charge on any atom is 0.349 e. The molecule has 0 unspecified atom stereocenters. The van der Waals surface area contributed by atoms with Crippen LogP contribution in [0.1, 0.15) is 42.6 Å². The van der Waals surface area contributed by atoms with E-state index in [4.69, 9.17) is 9.47 Å². The molecule has 1 aromatic carbocycles. The fourth-order valence-corrected chi connectivity index (χ4v) is 2.43. The number of nitrogens with zero attached hydrogens (tertiary/aromatic N) is 1. The van der Waals surface area contributed by atoms with Crippen LogP contribution in [0.5, 0.6) is 11.5 Å². The van der Waals surface area contributed by atoms with Gasteiger partial charge in [-0.25, -0.2) is 4.79 Å². The molecule has 5 heteroatoms. The predicted octanol–water partition coefficient (Wildman–Crippen LogP) is 3.44. The zero-order valence-corrected chi connectivity index (χ0v) is 14.4. The van der Waals surface area contributed by atoms with E-state index >= 15 is 0 Å². The molecule has 0 aliphatic carbocycles. The molecule has 0 fully saturated rings. The third-order valence-corrected chi connectivity index (χ3v) is 3.86. The van der Waals surface area contributed by atoms with Gasteiger partial charge in [-0.3, -0.25) is 4.79 Å². The summed E-state index contributed by atoms with van der Waals surface area (Å²) in [6.45, 7) is 4.57. The average Bonchev–Trinajstić information content (AvgIpc) is 2.60. The maximum absolute atomic E-state index is 12.6. The van der Waals surface area contributed by atoms with Gasteiger partial charge in [0.25, 0.3) is 5.56 Å². The van der Waals surface area contributed by atoms with Crippen LogP contribution in [-0.4, -0.2) is 17.6 Å². The third kappa shape index (κ3) is 4.04. The zero-order chi connectivity index (χ0) is 17.5. The van der Waals surface area contributed by atoms with Gasteiger partial charge >= 0.3 is 5.97 Å². The first-order valence-corrected chi connectivity index (χ1v) is 8.19. The van der Waals surface area contributed by atoms with E-state index in [0.717, 1.165) is 12.8 Å². The highest BCUT2D eigenvalue weighted by molar-refractivity contribution is 5.92. The van der Waals surface area contributed by atoms with E-state index < -0.39 is 5.97 Å². The van der Waals surface area contributed by atoms with Gasteiger partial charge in [-0.2, -0.15) is 0 Å². The van der Waals surface area contributed by atoms with Gasteiger partial charge in [0, 0.05) is 12.7 Å². The number of ether oxygens (including phenoxy) is 2. The Bertz CT molecular complexity index is 747. The number of aromatic nitrogens is 1. The summed E-state index contributed by atoms with van der Waals surface area (Å²) >= 11 is 0. The fourth-order valence-electron chi connectivity index (χ4n) is 2.43. The number of hydrogen-bond donors (Lipinski definition) is 0. The van der Waals surface area contributed by atoms with Gasteiger partial charge in [0.15, 0.2) is 0 Å². The Kier molecular flexibility index (Phi) is 6.18. The summed E-state index contributed by atoms with van der Waals surface area (Å²) in [6.07, 6.45) is 4.21. The highest BCUT2D eigenvalue weighted by Crippen LogP contribution is 2.18. The number of rotatable bonds is 7. The highest BCUT2D eigenvalue weighted by Gasteiger charge is 2.19. The van der Waals surface area contributed by atoms with Crippen molar-refractivity contribution in [2.24, 2.45) is 0 Å². The van der Waals surface area contributed by atoms with Crippen LogP contribution >= 0.6 is 0 Å². The van der Waals surface area contributed by atoms with Gasteiger partial charge in [0.2, 0.25) is 0 Å². The van der Waals surface area contributed by atoms with E-state index in [9.17, 15) is 9.59 Å². The molecule has 24 heavy (non-hydrogen) atoms. The van der Waals surface area contributed by atoms with Crippen molar-refractivity contribution in [1.29, 1.82) is 0 Å². The minimum Gasteiger partial charge on any atom is -0.497 e. The molecule has 1 aromatic heterocycles. The summed E-state index contributed by atoms with van der Waals surface area (Å²) in [6, 6.07) is 8.51. The Morgan fingerprint density at radius 2 is 1.75 bits per heavy atom. The van der Waals surface area contributed by atoms with Gasteiger partial charge in [-0.15, -0.1) is 0 Å². The molecule has 0 amide bonds. The smallest absolute Gasteiger partial charge is 0.349 e. The number of methoxy groups -OCH3 is 1. The van der Waals surface area contributed by atoms with E-state index in [0.29, 0.717) is 30.0 Å². The summed E-state index contributed by atoms with van der Waals surface area (Å²) in [7, 11) is 1.57. The van der Waals surface area contributed by atoms with Crippen LogP contribution in [0.25, 0.3) is 0 Å². The fraction of sp³-hybridized carbons (Fsp3) is 0.368. The largest absolute Gasteiger partial charge is 0.497 e. The Morgan fingerprint density at radius 3 is 2.33 bits per heavy atom. The second-order valence-electron chi connectivity index (χ2n) is 5.49. The summed E-state index contributed by atoms with van der Waals surface area (Å²) in [5.74, 6) is 0.435. The van der Waals surface area contributed by atoms with Gasteiger partial charge in [-0.05, 0) is 48.7 Å². The molecule has 0 N–H and O–H groups in total. The molecule has 5 nitrogen and oxygen atoms in total. The van der Waals surface area contributed by atoms with E-state index in [1.54, 1.807) is 42.1 Å². The van der Waals surface area contributed by atoms with Gasteiger partial charge < -0.3 is 14.0 Å². The van der Waals surface area contributed by atoms with Crippen LogP contribution in [-0.2, 0) is 13.0 Å². The Balaban J connectivity index is 2.30. The van der Waals surface area contributed by atoms with E-state index in [1.165, 1.54) is 0 Å². The molecule has 0 bridgehead atoms. The van der Waals surface area contributed by atoms with Gasteiger partial charge in [0.1, 0.15) is 17.1 Å². The van der Waals surface area contributed by atoms with Crippen molar-refractivity contribution in [2.75, 3.05) is 7.11 Å². The number of pyridine rings is 1. The Labute approximate surface area is 141 Å². The molecule has 2 rings (SSSR count). The molecule has 0 radical (unpaired) electrons. The van der Waals surface area contributed by atoms with Crippen LogP contribution in [0, 0.1) is 0 Å². The summed E-state index contributed by atoms with van der Waals surface area (Å²) < 4.78 is 12.0. The lowest BCUT2D eigenvalue weighted by Gasteiger charge is -2.11. The van der Waals surface area contributed by atoms with Crippen LogP contribution in [0.2, 0.25) is 0 Å². The van der Waals surface area contributed by atoms with Crippen LogP contribution in [0.3, 0.4) is 0 Å². The molecule has 0 saturated heterocycles. The first kappa shape index (κ1) is 17.8. The minimum absolute atomic E-state index is 0.118. The number of carbonyl (C=O) groups excluding carboxylic acids is 1. The first-order chi connectivity index (χ1) is 11.6. The van der Waals surface area contributed by atoms with Crippen molar-refractivity contribution in [3.63, 3.8) is 0 Å². The lowest BCUT2D eigenvalue weighted by molar-refractivity contribution is 0.0731. The number of unbranched alkanes of at least 4 members (excludes halogenated alkanes) is 1. The third-order valence-electron chi connectivity index (χ3n) is 3.86. The molecule has 128 valence electrons. The summed E-state index contributed by atoms with van der Waals surface area (Å²) in [4.78, 5) is 25.2. The van der Waals surface area contributed by atoms with Crippen LogP contribution in [0.15, 0.2) is 41.3 Å². The number of aryl methyl sites for hydroxylation is 2. The average molecular weight is 329 g/mol. The van der Waals surface area contributed by atoms with Crippen molar-refractivity contribution in [3.05, 3.63) is 58.0 Å². The molecular weight excluding hydrogens is 306 g/mol. The second-order valence-corrected chi connectivity index (χ2v) is 5.49. The second kappa shape index (κ2) is 8.34. The van der Waals surface area contributed by atoms with Crippen molar-refractivity contribution >= 4 is 5.97 Å². The van der Waals surface area contributed by atoms with E-state index in [-0.39, 0.29) is 11.1 Å². The van der Waals surface area contributed by atoms with Crippen molar-refractivity contribution in [2.45, 2.75) is 39.7 Å². The Morgan fingerprint density at radius 1 is 1.08 bits per heavy atom. The number of esters is 1. The molecule has 2 aromatic rings. The molecular formula is C19H23NO4. The van der Waals surface area contributed by atoms with E-state index in [1.807, 2.05) is 13.0 Å². The van der Waals surface area contributed by atoms with Crippen LogP contribution < -0.4 is 15.0 Å².